The highest BCUT2D eigenvalue weighted by Gasteiger charge is 2.14. The van der Waals surface area contributed by atoms with E-state index in [0.29, 0.717) is 17.9 Å². The molecule has 0 fully saturated rings. The SMILES string of the molecule is CC(C)OCCCNc1ccc(N)cc1C(=O)OC(C)C. The number of nitrogen functional groups attached to an aromatic ring is 1. The maximum Gasteiger partial charge on any atom is 0.340 e. The van der Waals surface area contributed by atoms with Crippen molar-refractivity contribution in [1.82, 2.24) is 0 Å². The minimum Gasteiger partial charge on any atom is -0.459 e. The van der Waals surface area contributed by atoms with Crippen molar-refractivity contribution in [3.63, 3.8) is 0 Å². The van der Waals surface area contributed by atoms with Gasteiger partial charge in [-0.2, -0.15) is 0 Å². The third kappa shape index (κ3) is 6.49. The molecule has 0 saturated heterocycles. The molecule has 3 N–H and O–H groups in total. The molecule has 5 nitrogen and oxygen atoms in total. The van der Waals surface area contributed by atoms with E-state index in [0.717, 1.165) is 18.7 Å². The number of ether oxygens (including phenoxy) is 2. The van der Waals surface area contributed by atoms with Gasteiger partial charge in [-0.05, 0) is 52.3 Å². The Morgan fingerprint density at radius 1 is 1.24 bits per heavy atom. The zero-order chi connectivity index (χ0) is 15.8. The van der Waals surface area contributed by atoms with Gasteiger partial charge in [0.1, 0.15) is 0 Å². The number of nitrogens with one attached hydrogen (secondary N) is 1. The van der Waals surface area contributed by atoms with Crippen LogP contribution in [-0.4, -0.2) is 31.3 Å². The summed E-state index contributed by atoms with van der Waals surface area (Å²) in [5.74, 6) is -0.363. The van der Waals surface area contributed by atoms with Crippen LogP contribution in [0.15, 0.2) is 18.2 Å². The predicted molar refractivity (Wildman–Crippen MR) is 85.6 cm³/mol. The van der Waals surface area contributed by atoms with Crippen LogP contribution in [0.25, 0.3) is 0 Å². The number of carbonyl (C=O) groups is 1. The molecule has 0 atom stereocenters. The molecule has 0 saturated carbocycles. The van der Waals surface area contributed by atoms with Crippen LogP contribution in [0.5, 0.6) is 0 Å². The fourth-order valence-electron chi connectivity index (χ4n) is 1.78. The van der Waals surface area contributed by atoms with Crippen molar-refractivity contribution in [3.05, 3.63) is 23.8 Å². The van der Waals surface area contributed by atoms with Crippen LogP contribution in [-0.2, 0) is 9.47 Å². The minimum absolute atomic E-state index is 0.161. The van der Waals surface area contributed by atoms with Gasteiger partial charge in [0.15, 0.2) is 0 Å². The smallest absolute Gasteiger partial charge is 0.340 e. The largest absolute Gasteiger partial charge is 0.459 e. The number of hydrogen-bond donors (Lipinski definition) is 2. The molecular weight excluding hydrogens is 268 g/mol. The van der Waals surface area contributed by atoms with E-state index in [1.54, 1.807) is 18.2 Å². The van der Waals surface area contributed by atoms with Gasteiger partial charge < -0.3 is 20.5 Å². The lowest BCUT2D eigenvalue weighted by Crippen LogP contribution is -2.15. The minimum atomic E-state index is -0.363. The molecule has 0 radical (unpaired) electrons. The van der Waals surface area contributed by atoms with Crippen molar-refractivity contribution in [2.75, 3.05) is 24.2 Å². The molecule has 1 aromatic rings. The topological polar surface area (TPSA) is 73.6 Å². The van der Waals surface area contributed by atoms with E-state index < -0.39 is 0 Å². The lowest BCUT2D eigenvalue weighted by Gasteiger charge is -2.14. The molecule has 0 aliphatic heterocycles. The Balaban J connectivity index is 2.62. The first kappa shape index (κ1) is 17.3. The Labute approximate surface area is 126 Å². The summed E-state index contributed by atoms with van der Waals surface area (Å²) in [5.41, 5.74) is 7.49. The van der Waals surface area contributed by atoms with Gasteiger partial charge in [0.25, 0.3) is 0 Å². The average Bonchev–Trinajstić information content (AvgIpc) is 2.38. The predicted octanol–water partition coefficient (Wildman–Crippen LogP) is 3.06. The Morgan fingerprint density at radius 3 is 2.57 bits per heavy atom. The Morgan fingerprint density at radius 2 is 1.95 bits per heavy atom. The molecule has 0 aliphatic carbocycles. The number of benzene rings is 1. The number of hydrogen-bond acceptors (Lipinski definition) is 5. The Kier molecular flexibility index (Phi) is 7.02. The van der Waals surface area contributed by atoms with Crippen LogP contribution >= 0.6 is 0 Å². The van der Waals surface area contributed by atoms with Gasteiger partial charge in [0.2, 0.25) is 0 Å². The molecule has 0 amide bonds. The Hall–Kier alpha value is -1.75. The van der Waals surface area contributed by atoms with Gasteiger partial charge in [-0.15, -0.1) is 0 Å². The molecular formula is C16H26N2O3. The average molecular weight is 294 g/mol. The number of carbonyl (C=O) groups excluding carboxylic acids is 1. The van der Waals surface area contributed by atoms with Gasteiger partial charge in [0, 0.05) is 24.5 Å². The molecule has 5 heteroatoms. The van der Waals surface area contributed by atoms with Crippen molar-refractivity contribution < 1.29 is 14.3 Å². The highest BCUT2D eigenvalue weighted by Crippen LogP contribution is 2.20. The van der Waals surface area contributed by atoms with Gasteiger partial charge in [-0.1, -0.05) is 0 Å². The molecule has 0 aliphatic rings. The molecule has 0 heterocycles. The molecule has 118 valence electrons. The van der Waals surface area contributed by atoms with Crippen LogP contribution in [0.2, 0.25) is 0 Å². The summed E-state index contributed by atoms with van der Waals surface area (Å²) in [5, 5.41) is 3.23. The van der Waals surface area contributed by atoms with Gasteiger partial charge in [-0.25, -0.2) is 4.79 Å². The van der Waals surface area contributed by atoms with E-state index in [2.05, 4.69) is 5.32 Å². The van der Waals surface area contributed by atoms with Crippen molar-refractivity contribution >= 4 is 17.3 Å². The first-order valence-electron chi connectivity index (χ1n) is 7.36. The Bertz CT molecular complexity index is 459. The lowest BCUT2D eigenvalue weighted by atomic mass is 10.1. The number of rotatable bonds is 8. The van der Waals surface area contributed by atoms with E-state index in [1.165, 1.54) is 0 Å². The molecule has 0 unspecified atom stereocenters. The first-order chi connectivity index (χ1) is 9.90. The highest BCUT2D eigenvalue weighted by molar-refractivity contribution is 5.96. The van der Waals surface area contributed by atoms with E-state index in [4.69, 9.17) is 15.2 Å². The zero-order valence-electron chi connectivity index (χ0n) is 13.3. The van der Waals surface area contributed by atoms with Crippen molar-refractivity contribution in [1.29, 1.82) is 0 Å². The molecule has 0 aromatic heterocycles. The summed E-state index contributed by atoms with van der Waals surface area (Å²) in [6.07, 6.45) is 0.936. The zero-order valence-corrected chi connectivity index (χ0v) is 13.3. The molecule has 21 heavy (non-hydrogen) atoms. The van der Waals surface area contributed by atoms with Crippen molar-refractivity contribution in [3.8, 4) is 0 Å². The summed E-state index contributed by atoms with van der Waals surface area (Å²) < 4.78 is 10.7. The first-order valence-corrected chi connectivity index (χ1v) is 7.36. The quantitative estimate of drug-likeness (QED) is 0.438. The summed E-state index contributed by atoms with van der Waals surface area (Å²) in [6.45, 7) is 9.06. The molecule has 0 bridgehead atoms. The summed E-state index contributed by atoms with van der Waals surface area (Å²) in [6, 6.07) is 5.20. The third-order valence-corrected chi connectivity index (χ3v) is 2.69. The normalized spacial score (nSPS) is 11.0. The number of nitrogens with two attached hydrogens (primary N) is 1. The highest BCUT2D eigenvalue weighted by atomic mass is 16.5. The lowest BCUT2D eigenvalue weighted by molar-refractivity contribution is 0.0379. The van der Waals surface area contributed by atoms with Gasteiger partial charge >= 0.3 is 5.97 Å². The fourth-order valence-corrected chi connectivity index (χ4v) is 1.78. The molecule has 0 spiro atoms. The van der Waals surface area contributed by atoms with Gasteiger partial charge in [0.05, 0.1) is 17.8 Å². The summed E-state index contributed by atoms with van der Waals surface area (Å²) in [7, 11) is 0. The number of esters is 1. The van der Waals surface area contributed by atoms with Crippen LogP contribution in [0.4, 0.5) is 11.4 Å². The van der Waals surface area contributed by atoms with Crippen LogP contribution in [0.3, 0.4) is 0 Å². The summed E-state index contributed by atoms with van der Waals surface area (Å²) >= 11 is 0. The van der Waals surface area contributed by atoms with Crippen molar-refractivity contribution in [2.45, 2.75) is 46.3 Å². The van der Waals surface area contributed by atoms with E-state index in [9.17, 15) is 4.79 Å². The van der Waals surface area contributed by atoms with E-state index in [-0.39, 0.29) is 18.2 Å². The molecule has 1 aromatic carbocycles. The van der Waals surface area contributed by atoms with Crippen molar-refractivity contribution in [2.24, 2.45) is 0 Å². The van der Waals surface area contributed by atoms with E-state index >= 15 is 0 Å². The monoisotopic (exact) mass is 294 g/mol. The van der Waals surface area contributed by atoms with Gasteiger partial charge in [-0.3, -0.25) is 0 Å². The maximum absolute atomic E-state index is 12.1. The second-order valence-electron chi connectivity index (χ2n) is 5.46. The van der Waals surface area contributed by atoms with Crippen LogP contribution in [0, 0.1) is 0 Å². The summed E-state index contributed by atoms with van der Waals surface area (Å²) in [4.78, 5) is 12.1. The second kappa shape index (κ2) is 8.52. The fraction of sp³-hybridized carbons (Fsp3) is 0.562. The second-order valence-corrected chi connectivity index (χ2v) is 5.46. The third-order valence-electron chi connectivity index (χ3n) is 2.69. The van der Waals surface area contributed by atoms with Crippen LogP contribution < -0.4 is 11.1 Å². The maximum atomic E-state index is 12.1. The van der Waals surface area contributed by atoms with E-state index in [1.807, 2.05) is 27.7 Å². The van der Waals surface area contributed by atoms with Crippen LogP contribution in [0.1, 0.15) is 44.5 Å². The number of anilines is 2. The standard InChI is InChI=1S/C16H26N2O3/c1-11(2)20-9-5-8-18-15-7-6-13(17)10-14(15)16(19)21-12(3)4/h6-7,10-12,18H,5,8-9,17H2,1-4H3. The molecule has 1 rings (SSSR count).